The van der Waals surface area contributed by atoms with Gasteiger partial charge in [-0.2, -0.15) is 0 Å². The van der Waals surface area contributed by atoms with Gasteiger partial charge in [-0.3, -0.25) is 0 Å². The monoisotopic (exact) mass is 178 g/mol. The standard InChI is InChI=1S/C12H18O/c1-4-11-8-9(2)7-10(3)12(11)5-6-13/h7-8,13H,4-6H2,1-3H3. The maximum absolute atomic E-state index is 8.93. The summed E-state index contributed by atoms with van der Waals surface area (Å²) in [7, 11) is 0. The molecule has 0 saturated carbocycles. The number of hydrogen-bond donors (Lipinski definition) is 1. The predicted octanol–water partition coefficient (Wildman–Crippen LogP) is 2.40. The highest BCUT2D eigenvalue weighted by atomic mass is 16.2. The smallest absolute Gasteiger partial charge is 0.0471 e. The quantitative estimate of drug-likeness (QED) is 0.753. The molecule has 72 valence electrons. The molecule has 0 atom stereocenters. The summed E-state index contributed by atoms with van der Waals surface area (Å²) in [6.07, 6.45) is 1.84. The Labute approximate surface area is 80.4 Å². The van der Waals surface area contributed by atoms with E-state index in [0.29, 0.717) is 0 Å². The fourth-order valence-electron chi connectivity index (χ4n) is 1.87. The van der Waals surface area contributed by atoms with Crippen molar-refractivity contribution in [2.75, 3.05) is 6.61 Å². The number of benzene rings is 1. The third-order valence-corrected chi connectivity index (χ3v) is 2.45. The molecule has 1 nitrogen and oxygen atoms in total. The number of aliphatic hydroxyl groups excluding tert-OH is 1. The van der Waals surface area contributed by atoms with Crippen LogP contribution >= 0.6 is 0 Å². The van der Waals surface area contributed by atoms with E-state index in [4.69, 9.17) is 5.11 Å². The molecule has 0 unspecified atom stereocenters. The average molecular weight is 178 g/mol. The van der Waals surface area contributed by atoms with Crippen LogP contribution in [0.25, 0.3) is 0 Å². The minimum atomic E-state index is 0.247. The lowest BCUT2D eigenvalue weighted by molar-refractivity contribution is 0.299. The van der Waals surface area contributed by atoms with Crippen LogP contribution < -0.4 is 0 Å². The highest BCUT2D eigenvalue weighted by Crippen LogP contribution is 2.18. The Balaban J connectivity index is 3.13. The van der Waals surface area contributed by atoms with Crippen molar-refractivity contribution in [3.8, 4) is 0 Å². The molecule has 0 spiro atoms. The van der Waals surface area contributed by atoms with Gasteiger partial charge >= 0.3 is 0 Å². The zero-order valence-electron chi connectivity index (χ0n) is 8.72. The highest BCUT2D eigenvalue weighted by Gasteiger charge is 2.04. The lowest BCUT2D eigenvalue weighted by atomic mass is 9.95. The van der Waals surface area contributed by atoms with Crippen molar-refractivity contribution in [1.29, 1.82) is 0 Å². The first-order valence-electron chi connectivity index (χ1n) is 4.89. The van der Waals surface area contributed by atoms with Gasteiger partial charge in [0.15, 0.2) is 0 Å². The molecule has 1 aromatic rings. The van der Waals surface area contributed by atoms with Gasteiger partial charge in [0, 0.05) is 6.61 Å². The van der Waals surface area contributed by atoms with E-state index in [1.54, 1.807) is 0 Å². The molecule has 1 N–H and O–H groups in total. The van der Waals surface area contributed by atoms with Crippen LogP contribution in [0.3, 0.4) is 0 Å². The molecular weight excluding hydrogens is 160 g/mol. The summed E-state index contributed by atoms with van der Waals surface area (Å²) in [5.74, 6) is 0. The number of hydrogen-bond acceptors (Lipinski definition) is 1. The lowest BCUT2D eigenvalue weighted by Gasteiger charge is -2.11. The molecule has 0 aliphatic carbocycles. The van der Waals surface area contributed by atoms with Crippen LogP contribution in [0, 0.1) is 13.8 Å². The maximum atomic E-state index is 8.93. The van der Waals surface area contributed by atoms with Crippen molar-refractivity contribution < 1.29 is 5.11 Å². The van der Waals surface area contributed by atoms with Gasteiger partial charge in [-0.1, -0.05) is 24.6 Å². The van der Waals surface area contributed by atoms with E-state index in [1.807, 2.05) is 0 Å². The van der Waals surface area contributed by atoms with E-state index < -0.39 is 0 Å². The summed E-state index contributed by atoms with van der Waals surface area (Å²) in [4.78, 5) is 0. The molecule has 0 saturated heterocycles. The SMILES string of the molecule is CCc1cc(C)cc(C)c1CCO. The fourth-order valence-corrected chi connectivity index (χ4v) is 1.87. The molecule has 0 amide bonds. The van der Waals surface area contributed by atoms with Gasteiger partial charge in [0.25, 0.3) is 0 Å². The van der Waals surface area contributed by atoms with Crippen LogP contribution in [0.4, 0.5) is 0 Å². The Kier molecular flexibility index (Phi) is 3.49. The Morgan fingerprint density at radius 1 is 1.23 bits per heavy atom. The summed E-state index contributed by atoms with van der Waals surface area (Å²) < 4.78 is 0. The first-order valence-corrected chi connectivity index (χ1v) is 4.89. The summed E-state index contributed by atoms with van der Waals surface area (Å²) in [6.45, 7) is 6.65. The van der Waals surface area contributed by atoms with Crippen LogP contribution in [0.1, 0.15) is 29.2 Å². The summed E-state index contributed by atoms with van der Waals surface area (Å²) >= 11 is 0. The van der Waals surface area contributed by atoms with E-state index in [0.717, 1.165) is 12.8 Å². The van der Waals surface area contributed by atoms with Crippen LogP contribution in [0.5, 0.6) is 0 Å². The van der Waals surface area contributed by atoms with Gasteiger partial charge in [-0.25, -0.2) is 0 Å². The maximum Gasteiger partial charge on any atom is 0.0471 e. The van der Waals surface area contributed by atoms with Crippen molar-refractivity contribution in [3.63, 3.8) is 0 Å². The van der Waals surface area contributed by atoms with Gasteiger partial charge in [0.1, 0.15) is 0 Å². The average Bonchev–Trinajstić information content (AvgIpc) is 2.09. The largest absolute Gasteiger partial charge is 0.396 e. The van der Waals surface area contributed by atoms with Gasteiger partial charge in [0.2, 0.25) is 0 Å². The van der Waals surface area contributed by atoms with Crippen LogP contribution in [-0.2, 0) is 12.8 Å². The third kappa shape index (κ3) is 2.31. The molecule has 1 heteroatoms. The highest BCUT2D eigenvalue weighted by molar-refractivity contribution is 5.38. The second-order valence-corrected chi connectivity index (χ2v) is 3.55. The Morgan fingerprint density at radius 3 is 2.46 bits per heavy atom. The van der Waals surface area contributed by atoms with E-state index in [-0.39, 0.29) is 6.61 Å². The molecule has 0 aliphatic heterocycles. The second-order valence-electron chi connectivity index (χ2n) is 3.55. The van der Waals surface area contributed by atoms with Crippen molar-refractivity contribution in [3.05, 3.63) is 34.4 Å². The number of aryl methyl sites for hydroxylation is 3. The molecule has 0 aliphatic rings. The Morgan fingerprint density at radius 2 is 1.92 bits per heavy atom. The summed E-state index contributed by atoms with van der Waals surface area (Å²) in [5.41, 5.74) is 5.34. The normalized spacial score (nSPS) is 10.5. The van der Waals surface area contributed by atoms with E-state index in [1.165, 1.54) is 22.3 Å². The van der Waals surface area contributed by atoms with Crippen LogP contribution in [0.15, 0.2) is 12.1 Å². The lowest BCUT2D eigenvalue weighted by Crippen LogP contribution is -2.00. The Bertz CT molecular complexity index is 289. The minimum absolute atomic E-state index is 0.247. The third-order valence-electron chi connectivity index (χ3n) is 2.45. The molecule has 13 heavy (non-hydrogen) atoms. The molecule has 0 aromatic heterocycles. The van der Waals surface area contributed by atoms with Crippen molar-refractivity contribution in [2.45, 2.75) is 33.6 Å². The first kappa shape index (κ1) is 10.3. The van der Waals surface area contributed by atoms with Gasteiger partial charge in [-0.15, -0.1) is 0 Å². The second kappa shape index (κ2) is 4.43. The van der Waals surface area contributed by atoms with E-state index in [2.05, 4.69) is 32.9 Å². The summed E-state index contributed by atoms with van der Waals surface area (Å²) in [5, 5.41) is 8.93. The first-order chi connectivity index (χ1) is 6.19. The van der Waals surface area contributed by atoms with Crippen LogP contribution in [-0.4, -0.2) is 11.7 Å². The van der Waals surface area contributed by atoms with E-state index in [9.17, 15) is 0 Å². The van der Waals surface area contributed by atoms with E-state index >= 15 is 0 Å². The topological polar surface area (TPSA) is 20.2 Å². The number of aliphatic hydroxyl groups is 1. The van der Waals surface area contributed by atoms with Crippen molar-refractivity contribution in [2.24, 2.45) is 0 Å². The molecular formula is C12H18O. The molecule has 0 bridgehead atoms. The Hall–Kier alpha value is -0.820. The molecule has 1 aromatic carbocycles. The molecule has 0 radical (unpaired) electrons. The predicted molar refractivity (Wildman–Crippen MR) is 56.1 cm³/mol. The fraction of sp³-hybridized carbons (Fsp3) is 0.500. The molecule has 0 fully saturated rings. The van der Waals surface area contributed by atoms with Gasteiger partial charge in [0.05, 0.1) is 0 Å². The molecule has 1 rings (SSSR count). The van der Waals surface area contributed by atoms with Crippen molar-refractivity contribution in [1.82, 2.24) is 0 Å². The molecule has 0 heterocycles. The van der Waals surface area contributed by atoms with Crippen LogP contribution in [0.2, 0.25) is 0 Å². The minimum Gasteiger partial charge on any atom is -0.396 e. The zero-order valence-corrected chi connectivity index (χ0v) is 8.72. The number of rotatable bonds is 3. The summed E-state index contributed by atoms with van der Waals surface area (Å²) in [6, 6.07) is 4.40. The van der Waals surface area contributed by atoms with Crippen molar-refractivity contribution >= 4 is 0 Å². The van der Waals surface area contributed by atoms with Gasteiger partial charge in [-0.05, 0) is 43.4 Å². The van der Waals surface area contributed by atoms with Gasteiger partial charge < -0.3 is 5.11 Å². The zero-order chi connectivity index (χ0) is 9.84.